The fourth-order valence-electron chi connectivity index (χ4n) is 1.21. The summed E-state index contributed by atoms with van der Waals surface area (Å²) in [6.07, 6.45) is 4.04. The number of sulfonamides is 1. The maximum Gasteiger partial charge on any atom is 0.265 e. The van der Waals surface area contributed by atoms with E-state index in [4.69, 9.17) is 11.6 Å². The van der Waals surface area contributed by atoms with Gasteiger partial charge in [-0.1, -0.05) is 11.6 Å². The number of pyridine rings is 1. The molecule has 17 heavy (non-hydrogen) atoms. The Bertz CT molecular complexity index is 624. The lowest BCUT2D eigenvalue weighted by atomic mass is 10.3. The van der Waals surface area contributed by atoms with E-state index in [-0.39, 0.29) is 15.7 Å². The van der Waals surface area contributed by atoms with Crippen LogP contribution in [0.5, 0.6) is 0 Å². The average Bonchev–Trinajstić information content (AvgIpc) is 2.77. The summed E-state index contributed by atoms with van der Waals surface area (Å²) >= 11 is 5.80. The van der Waals surface area contributed by atoms with E-state index in [0.717, 1.165) is 5.56 Å². The quantitative estimate of drug-likeness (QED) is 0.830. The summed E-state index contributed by atoms with van der Waals surface area (Å²) in [6, 6.07) is 1.60. The monoisotopic (exact) mass is 272 g/mol. The molecule has 2 aromatic rings. The molecule has 0 amide bonds. The van der Waals surface area contributed by atoms with Gasteiger partial charge in [-0.15, -0.1) is 0 Å². The Morgan fingerprint density at radius 1 is 1.41 bits per heavy atom. The predicted octanol–water partition coefficient (Wildman–Crippen LogP) is 1.57. The number of aromatic nitrogens is 3. The van der Waals surface area contributed by atoms with E-state index in [9.17, 15) is 8.42 Å². The first-order valence-corrected chi connectivity index (χ1v) is 6.49. The highest BCUT2D eigenvalue weighted by molar-refractivity contribution is 7.92. The molecule has 0 radical (unpaired) electrons. The molecule has 0 fully saturated rings. The number of rotatable bonds is 3. The van der Waals surface area contributed by atoms with E-state index in [1.54, 1.807) is 19.2 Å². The molecule has 2 aromatic heterocycles. The molecule has 8 heteroatoms. The van der Waals surface area contributed by atoms with Crippen LogP contribution in [0.15, 0.2) is 29.6 Å². The van der Waals surface area contributed by atoms with Crippen molar-refractivity contribution in [3.63, 3.8) is 0 Å². The van der Waals surface area contributed by atoms with Crippen LogP contribution in [0, 0.1) is 6.92 Å². The largest absolute Gasteiger partial charge is 0.284 e. The van der Waals surface area contributed by atoms with Crippen molar-refractivity contribution in [3.8, 4) is 0 Å². The molecule has 0 saturated carbocycles. The van der Waals surface area contributed by atoms with E-state index in [1.807, 2.05) is 0 Å². The van der Waals surface area contributed by atoms with Crippen LogP contribution in [0.2, 0.25) is 5.15 Å². The molecule has 0 aliphatic carbocycles. The smallest absolute Gasteiger partial charge is 0.265 e. The Labute approximate surface area is 103 Å². The fraction of sp³-hybridized carbons (Fsp3) is 0.111. The van der Waals surface area contributed by atoms with Gasteiger partial charge in [0.1, 0.15) is 4.90 Å². The van der Waals surface area contributed by atoms with E-state index in [2.05, 4.69) is 19.9 Å². The summed E-state index contributed by atoms with van der Waals surface area (Å²) in [5.41, 5.74) is 1.05. The van der Waals surface area contributed by atoms with Crippen molar-refractivity contribution in [1.29, 1.82) is 0 Å². The first-order valence-electron chi connectivity index (χ1n) is 4.63. The highest BCUT2D eigenvalue weighted by Crippen LogP contribution is 2.22. The number of hydrogen-bond donors (Lipinski definition) is 2. The van der Waals surface area contributed by atoms with Gasteiger partial charge in [-0.2, -0.15) is 5.10 Å². The fourth-order valence-corrected chi connectivity index (χ4v) is 2.38. The molecule has 0 saturated heterocycles. The molecule has 6 nitrogen and oxygen atoms in total. The summed E-state index contributed by atoms with van der Waals surface area (Å²) in [7, 11) is -3.68. The first kappa shape index (κ1) is 11.9. The van der Waals surface area contributed by atoms with Crippen molar-refractivity contribution < 1.29 is 8.42 Å². The summed E-state index contributed by atoms with van der Waals surface area (Å²) < 4.78 is 26.1. The minimum atomic E-state index is -3.68. The molecular weight excluding hydrogens is 264 g/mol. The summed E-state index contributed by atoms with van der Waals surface area (Å²) in [5.74, 6) is 0. The van der Waals surface area contributed by atoms with E-state index < -0.39 is 10.0 Å². The van der Waals surface area contributed by atoms with Crippen molar-refractivity contribution in [1.82, 2.24) is 15.2 Å². The van der Waals surface area contributed by atoms with E-state index in [1.165, 1.54) is 12.4 Å². The number of nitrogens with one attached hydrogen (secondary N) is 2. The second kappa shape index (κ2) is 4.34. The van der Waals surface area contributed by atoms with E-state index >= 15 is 0 Å². The molecule has 0 atom stereocenters. The van der Waals surface area contributed by atoms with Gasteiger partial charge in [0, 0.05) is 12.4 Å². The van der Waals surface area contributed by atoms with Crippen LogP contribution < -0.4 is 4.72 Å². The van der Waals surface area contributed by atoms with Gasteiger partial charge >= 0.3 is 0 Å². The highest BCUT2D eigenvalue weighted by atomic mass is 35.5. The van der Waals surface area contributed by atoms with Crippen LogP contribution in [0.4, 0.5) is 5.69 Å². The lowest BCUT2D eigenvalue weighted by molar-refractivity contribution is 0.601. The van der Waals surface area contributed by atoms with Crippen LogP contribution in [-0.4, -0.2) is 23.6 Å². The molecule has 0 bridgehead atoms. The first-order chi connectivity index (χ1) is 7.99. The van der Waals surface area contributed by atoms with Crippen LogP contribution in [-0.2, 0) is 10.0 Å². The zero-order valence-electron chi connectivity index (χ0n) is 8.81. The Morgan fingerprint density at radius 3 is 2.82 bits per heavy atom. The molecular formula is C9H9ClN4O2S. The molecule has 2 N–H and O–H groups in total. The SMILES string of the molecule is Cc1cnc(Cl)c(NS(=O)(=O)c2cn[nH]c2)c1. The third-order valence-corrected chi connectivity index (χ3v) is 3.64. The van der Waals surface area contributed by atoms with Gasteiger partial charge in [-0.05, 0) is 18.6 Å². The average molecular weight is 273 g/mol. The number of aromatic amines is 1. The Hall–Kier alpha value is -1.60. The van der Waals surface area contributed by atoms with Crippen LogP contribution in [0.25, 0.3) is 0 Å². The summed E-state index contributed by atoms with van der Waals surface area (Å²) in [5, 5.41) is 6.11. The van der Waals surface area contributed by atoms with Gasteiger partial charge in [0.2, 0.25) is 0 Å². The molecule has 2 heterocycles. The Balaban J connectivity index is 2.36. The van der Waals surface area contributed by atoms with Gasteiger partial charge in [-0.3, -0.25) is 9.82 Å². The number of aryl methyl sites for hydroxylation is 1. The lowest BCUT2D eigenvalue weighted by Crippen LogP contribution is -2.13. The number of hydrogen-bond acceptors (Lipinski definition) is 4. The normalized spacial score (nSPS) is 11.4. The zero-order chi connectivity index (χ0) is 12.5. The van der Waals surface area contributed by atoms with Crippen molar-refractivity contribution in [2.45, 2.75) is 11.8 Å². The zero-order valence-corrected chi connectivity index (χ0v) is 10.4. The number of halogens is 1. The van der Waals surface area contributed by atoms with Gasteiger partial charge < -0.3 is 0 Å². The number of anilines is 1. The van der Waals surface area contributed by atoms with Crippen molar-refractivity contribution in [2.75, 3.05) is 4.72 Å². The minimum Gasteiger partial charge on any atom is -0.284 e. The van der Waals surface area contributed by atoms with Gasteiger partial charge in [0.05, 0.1) is 11.9 Å². The Morgan fingerprint density at radius 2 is 2.18 bits per heavy atom. The van der Waals surface area contributed by atoms with Crippen LogP contribution in [0.1, 0.15) is 5.56 Å². The third-order valence-electron chi connectivity index (χ3n) is 2.00. The highest BCUT2D eigenvalue weighted by Gasteiger charge is 2.17. The van der Waals surface area contributed by atoms with Gasteiger partial charge in [0.15, 0.2) is 5.15 Å². The second-order valence-electron chi connectivity index (χ2n) is 3.39. The third kappa shape index (κ3) is 2.56. The van der Waals surface area contributed by atoms with Crippen molar-refractivity contribution in [3.05, 3.63) is 35.4 Å². The molecule has 0 aliphatic heterocycles. The topological polar surface area (TPSA) is 87.7 Å². The minimum absolute atomic E-state index is 0.0371. The Kier molecular flexibility index (Phi) is 3.03. The van der Waals surface area contributed by atoms with Crippen LogP contribution >= 0.6 is 11.6 Å². The maximum absolute atomic E-state index is 11.9. The van der Waals surface area contributed by atoms with E-state index in [0.29, 0.717) is 0 Å². The summed E-state index contributed by atoms with van der Waals surface area (Å²) in [4.78, 5) is 3.90. The van der Waals surface area contributed by atoms with Gasteiger partial charge in [0.25, 0.3) is 10.0 Å². The molecule has 0 unspecified atom stereocenters. The van der Waals surface area contributed by atoms with Crippen molar-refractivity contribution in [2.24, 2.45) is 0 Å². The molecule has 0 aliphatic rings. The van der Waals surface area contributed by atoms with Crippen LogP contribution in [0.3, 0.4) is 0 Å². The molecule has 0 aromatic carbocycles. The maximum atomic E-state index is 11.9. The number of H-pyrrole nitrogens is 1. The standard InChI is InChI=1S/C9H9ClN4O2S/c1-6-2-8(9(10)11-3-6)14-17(15,16)7-4-12-13-5-7/h2-5,14H,1H3,(H,12,13). The predicted molar refractivity (Wildman–Crippen MR) is 63.4 cm³/mol. The lowest BCUT2D eigenvalue weighted by Gasteiger charge is -2.07. The van der Waals surface area contributed by atoms with Gasteiger partial charge in [-0.25, -0.2) is 13.4 Å². The molecule has 0 spiro atoms. The van der Waals surface area contributed by atoms with Crippen molar-refractivity contribution >= 4 is 27.3 Å². The molecule has 2 rings (SSSR count). The second-order valence-corrected chi connectivity index (χ2v) is 5.43. The molecule has 90 valence electrons. The summed E-state index contributed by atoms with van der Waals surface area (Å²) in [6.45, 7) is 1.79. The number of nitrogens with zero attached hydrogens (tertiary/aromatic N) is 2.